The zero-order valence-electron chi connectivity index (χ0n) is 44.7. The molecule has 0 aliphatic carbocycles. The van der Waals surface area contributed by atoms with Gasteiger partial charge in [0.2, 0.25) is 5.91 Å². The van der Waals surface area contributed by atoms with E-state index in [1.807, 2.05) is 113 Å². The van der Waals surface area contributed by atoms with Gasteiger partial charge in [-0.2, -0.15) is 0 Å². The van der Waals surface area contributed by atoms with Gasteiger partial charge in [-0.15, -0.1) is 5.10 Å². The largest absolute Gasteiger partial charge is 0.483 e. The summed E-state index contributed by atoms with van der Waals surface area (Å²) in [6.45, 7) is 9.65. The first kappa shape index (κ1) is 56.4. The van der Waals surface area contributed by atoms with Crippen molar-refractivity contribution in [2.75, 3.05) is 45.9 Å². The second-order valence-electron chi connectivity index (χ2n) is 20.0. The lowest BCUT2D eigenvalue weighted by Crippen LogP contribution is -2.59. The van der Waals surface area contributed by atoms with E-state index in [2.05, 4.69) is 36.2 Å². The van der Waals surface area contributed by atoms with Gasteiger partial charge in [-0.1, -0.05) is 116 Å². The molecule has 20 heteroatoms. The average Bonchev–Trinajstić information content (AvgIpc) is 4.26. The Bertz CT molecular complexity index is 3190. The molecular weight excluding hydrogens is 1010 g/mol. The lowest BCUT2D eigenvalue weighted by Gasteiger charge is -2.37. The number of aryl methyl sites for hydroxylation is 2. The van der Waals surface area contributed by atoms with E-state index < -0.39 is 41.7 Å². The molecule has 6 amide bonds. The van der Waals surface area contributed by atoms with E-state index in [-0.39, 0.29) is 78.1 Å². The van der Waals surface area contributed by atoms with Crippen LogP contribution in [-0.4, -0.2) is 150 Å². The standard InChI is InChI=1S/C37H48N4O5.C22H18FN7O3/c1-25(2)34(41-20-12-19-38-37(41)45)36(44)39-30(21-28-15-7-5-8-16-28)23-32(42)31(22-29-17-9-6-10-18-29)40-33(43)24-46-35-26(3)13-11-14-27(35)4;23-16-13-25-20(30-7-6-26-27-30)18-17(16)15(12-24-18)19(31)22(33)29-10-8-28(9-11-29)21(32)14-4-2-1-3-5-14/h5-11,13-18,25,30-32,34,42H,12,19-24H2,1-4H3,(H,38,45)(H,39,44)(H,40,43);1-7,12-13,24H,8-11H2/t30-,31-,32-,34-;/m0./s1. The predicted molar refractivity (Wildman–Crippen MR) is 294 cm³/mol. The molecule has 5 N–H and O–H groups in total. The lowest BCUT2D eigenvalue weighted by molar-refractivity contribution is -0.128. The highest BCUT2D eigenvalue weighted by Gasteiger charge is 2.36. The summed E-state index contributed by atoms with van der Waals surface area (Å²) in [4.78, 5) is 89.7. The molecule has 79 heavy (non-hydrogen) atoms. The fraction of sp³-hybridized carbons (Fsp3) is 0.339. The number of carbonyl (C=O) groups excluding carboxylic acids is 6. The van der Waals surface area contributed by atoms with Crippen LogP contribution in [-0.2, 0) is 27.2 Å². The average molecular weight is 1080 g/mol. The number of nitrogens with zero attached hydrogens (tertiary/aromatic N) is 7. The van der Waals surface area contributed by atoms with E-state index >= 15 is 0 Å². The molecule has 0 bridgehead atoms. The molecule has 2 saturated heterocycles. The van der Waals surface area contributed by atoms with Crippen LogP contribution < -0.4 is 20.7 Å². The number of nitrogens with one attached hydrogen (secondary N) is 4. The maximum absolute atomic E-state index is 14.6. The third-order valence-electron chi connectivity index (χ3n) is 14.0. The minimum atomic E-state index is -0.992. The highest BCUT2D eigenvalue weighted by Crippen LogP contribution is 2.27. The molecule has 2 fully saturated rings. The first-order chi connectivity index (χ1) is 38.2. The summed E-state index contributed by atoms with van der Waals surface area (Å²) in [6.07, 6.45) is 6.08. The van der Waals surface area contributed by atoms with Crippen molar-refractivity contribution in [2.24, 2.45) is 5.92 Å². The van der Waals surface area contributed by atoms with Gasteiger partial charge < -0.3 is 45.5 Å². The number of fused-ring (bicyclic) bond motifs is 1. The molecular formula is C59H66FN11O8. The number of aliphatic hydroxyl groups is 1. The summed E-state index contributed by atoms with van der Waals surface area (Å²) in [6, 6.07) is 32.2. The van der Waals surface area contributed by atoms with Gasteiger partial charge in [0.1, 0.15) is 11.8 Å². The Morgan fingerprint density at radius 1 is 0.797 bits per heavy atom. The predicted octanol–water partition coefficient (Wildman–Crippen LogP) is 5.78. The second-order valence-corrected chi connectivity index (χ2v) is 20.0. The number of ketones is 1. The lowest BCUT2D eigenvalue weighted by atomic mass is 9.92. The molecule has 0 radical (unpaired) electrons. The number of pyridine rings is 1. The Balaban J connectivity index is 0.000000219. The number of aromatic amines is 1. The van der Waals surface area contributed by atoms with Crippen molar-refractivity contribution in [3.05, 3.63) is 173 Å². The number of para-hydroxylation sites is 1. The molecule has 412 valence electrons. The Morgan fingerprint density at radius 3 is 2.05 bits per heavy atom. The number of hydrogen-bond donors (Lipinski definition) is 5. The highest BCUT2D eigenvalue weighted by atomic mass is 19.1. The SMILES string of the molecule is Cc1cccc(C)c1OCC(=O)N[C@@H](Cc1ccccc1)[C@@H](O)C[C@H](Cc1ccccc1)NC(=O)[C@H](C(C)C)N1CCCNC1=O.O=C(C(=O)N1CCN(C(=O)c2ccccc2)CC1)c1c[nH]c2c(-n3ccnn3)ncc(F)c12. The van der Waals surface area contributed by atoms with Gasteiger partial charge in [0, 0.05) is 57.1 Å². The third kappa shape index (κ3) is 14.2. The molecule has 0 saturated carbocycles. The van der Waals surface area contributed by atoms with Crippen molar-refractivity contribution < 1.29 is 43.0 Å². The topological polar surface area (TPSA) is 237 Å². The summed E-state index contributed by atoms with van der Waals surface area (Å²) in [5.74, 6) is -2.24. The number of halogens is 1. The fourth-order valence-electron chi connectivity index (χ4n) is 10.0. The molecule has 0 unspecified atom stereocenters. The third-order valence-corrected chi connectivity index (χ3v) is 14.0. The van der Waals surface area contributed by atoms with Crippen molar-refractivity contribution in [3.8, 4) is 11.6 Å². The molecule has 4 atom stereocenters. The first-order valence-electron chi connectivity index (χ1n) is 26.5. The number of piperazine rings is 1. The highest BCUT2D eigenvalue weighted by molar-refractivity contribution is 6.45. The number of rotatable bonds is 19. The number of urea groups is 1. The van der Waals surface area contributed by atoms with Crippen LogP contribution in [0.4, 0.5) is 9.18 Å². The summed E-state index contributed by atoms with van der Waals surface area (Å²) in [5.41, 5.74) is 4.56. The van der Waals surface area contributed by atoms with E-state index in [0.717, 1.165) is 34.9 Å². The minimum Gasteiger partial charge on any atom is -0.483 e. The van der Waals surface area contributed by atoms with E-state index in [0.29, 0.717) is 50.3 Å². The number of carbonyl (C=O) groups is 6. The number of Topliss-reactive ketones (excluding diaryl/α,β-unsaturated/α-hetero) is 1. The molecule has 2 aliphatic heterocycles. The number of H-pyrrole nitrogens is 1. The monoisotopic (exact) mass is 1080 g/mol. The zero-order valence-corrected chi connectivity index (χ0v) is 44.7. The smallest absolute Gasteiger partial charge is 0.318 e. The van der Waals surface area contributed by atoms with Crippen molar-refractivity contribution >= 4 is 46.3 Å². The summed E-state index contributed by atoms with van der Waals surface area (Å²) in [7, 11) is 0. The van der Waals surface area contributed by atoms with E-state index in [1.54, 1.807) is 34.1 Å². The van der Waals surface area contributed by atoms with Crippen LogP contribution in [0.2, 0.25) is 0 Å². The molecule has 3 aromatic heterocycles. The number of benzene rings is 4. The quantitative estimate of drug-likeness (QED) is 0.0481. The Hall–Kier alpha value is -8.78. The van der Waals surface area contributed by atoms with E-state index in [4.69, 9.17) is 4.74 Å². The summed E-state index contributed by atoms with van der Waals surface area (Å²) < 4.78 is 21.9. The van der Waals surface area contributed by atoms with E-state index in [1.165, 1.54) is 28.2 Å². The molecule has 9 rings (SSSR count). The maximum atomic E-state index is 14.6. The number of hydrogen-bond acceptors (Lipinski definition) is 11. The Kier molecular flexibility index (Phi) is 18.9. The van der Waals surface area contributed by atoms with Crippen molar-refractivity contribution in [1.29, 1.82) is 0 Å². The van der Waals surface area contributed by atoms with Gasteiger partial charge >= 0.3 is 6.03 Å². The van der Waals surface area contributed by atoms with Gasteiger partial charge in [0.15, 0.2) is 18.2 Å². The van der Waals surface area contributed by atoms with Crippen LogP contribution >= 0.6 is 0 Å². The molecule has 4 aromatic carbocycles. The van der Waals surface area contributed by atoms with Crippen LogP contribution in [0.15, 0.2) is 134 Å². The van der Waals surface area contributed by atoms with Crippen molar-refractivity contribution in [2.45, 2.75) is 77.6 Å². The molecule has 19 nitrogen and oxygen atoms in total. The van der Waals surface area contributed by atoms with Gasteiger partial charge in [-0.05, 0) is 79.8 Å². The summed E-state index contributed by atoms with van der Waals surface area (Å²) in [5, 5.41) is 28.2. The Labute approximate surface area is 457 Å². The number of amides is 6. The molecule has 7 aromatic rings. The van der Waals surface area contributed by atoms with Gasteiger partial charge in [0.25, 0.3) is 23.5 Å². The second kappa shape index (κ2) is 26.5. The number of ether oxygens (including phenoxy) is 1. The maximum Gasteiger partial charge on any atom is 0.318 e. The Morgan fingerprint density at radius 2 is 1.43 bits per heavy atom. The summed E-state index contributed by atoms with van der Waals surface area (Å²) >= 11 is 0. The van der Waals surface area contributed by atoms with Crippen LogP contribution in [0.5, 0.6) is 5.75 Å². The first-order valence-corrected chi connectivity index (χ1v) is 26.5. The van der Waals surface area contributed by atoms with Crippen LogP contribution in [0, 0.1) is 25.6 Å². The molecule has 0 spiro atoms. The fourth-order valence-corrected chi connectivity index (χ4v) is 10.0. The van der Waals surface area contributed by atoms with Crippen LogP contribution in [0.1, 0.15) is 69.7 Å². The normalized spacial score (nSPS) is 15.0. The number of aromatic nitrogens is 5. The van der Waals surface area contributed by atoms with Crippen molar-refractivity contribution in [1.82, 2.24) is 55.6 Å². The van der Waals surface area contributed by atoms with Gasteiger partial charge in [-0.3, -0.25) is 24.0 Å². The van der Waals surface area contributed by atoms with Crippen LogP contribution in [0.25, 0.3) is 16.7 Å². The minimum absolute atomic E-state index is 0.0354. The zero-order chi connectivity index (χ0) is 56.0. The van der Waals surface area contributed by atoms with Gasteiger partial charge in [-0.25, -0.2) is 18.9 Å². The number of aliphatic hydroxyl groups excluding tert-OH is 1. The molecule has 5 heterocycles. The van der Waals surface area contributed by atoms with Gasteiger partial charge in [0.05, 0.1) is 47.2 Å². The van der Waals surface area contributed by atoms with Crippen LogP contribution in [0.3, 0.4) is 0 Å². The van der Waals surface area contributed by atoms with Crippen molar-refractivity contribution in [3.63, 3.8) is 0 Å². The van der Waals surface area contributed by atoms with E-state index in [9.17, 15) is 38.3 Å². The molecule has 2 aliphatic rings.